The summed E-state index contributed by atoms with van der Waals surface area (Å²) in [7, 11) is 0. The Bertz CT molecular complexity index is 493. The minimum atomic E-state index is 0.0115. The topological polar surface area (TPSA) is 29.1 Å². The third-order valence-electron chi connectivity index (χ3n) is 2.34. The van der Waals surface area contributed by atoms with Gasteiger partial charge in [-0.3, -0.25) is 4.79 Å². The van der Waals surface area contributed by atoms with E-state index in [2.05, 4.69) is 27.9 Å². The summed E-state index contributed by atoms with van der Waals surface area (Å²) in [6, 6.07) is 17.5. The zero-order chi connectivity index (χ0) is 12.1. The summed E-state index contributed by atoms with van der Waals surface area (Å²) < 4.78 is 1.16. The second-order valence-electron chi connectivity index (χ2n) is 3.72. The Kier molecular flexibility index (Phi) is 4.14. The summed E-state index contributed by atoms with van der Waals surface area (Å²) in [4.78, 5) is 11.8. The summed E-state index contributed by atoms with van der Waals surface area (Å²) in [5.74, 6) is 0.0115. The van der Waals surface area contributed by atoms with Gasteiger partial charge in [-0.2, -0.15) is 0 Å². The fourth-order valence-electron chi connectivity index (χ4n) is 1.52. The van der Waals surface area contributed by atoms with Crippen LogP contribution in [0.15, 0.2) is 54.6 Å². The minimum Gasteiger partial charge on any atom is -0.326 e. The van der Waals surface area contributed by atoms with Crippen molar-refractivity contribution < 1.29 is 4.79 Å². The molecule has 86 valence electrons. The third-order valence-corrected chi connectivity index (χ3v) is 3.05. The summed E-state index contributed by atoms with van der Waals surface area (Å²) in [5.41, 5.74) is 1.86. The largest absolute Gasteiger partial charge is 0.326 e. The number of hydrogen-bond acceptors (Lipinski definition) is 1. The molecule has 0 radical (unpaired) electrons. The van der Waals surface area contributed by atoms with Gasteiger partial charge in [0.05, 0.1) is 6.42 Å². The Labute approximate surface area is 114 Å². The number of benzene rings is 2. The van der Waals surface area contributed by atoms with E-state index in [1.54, 1.807) is 0 Å². The molecule has 1 N–H and O–H groups in total. The molecule has 0 saturated carbocycles. The quantitative estimate of drug-likeness (QED) is 0.854. The number of amides is 1. The molecule has 0 saturated heterocycles. The average molecular weight is 337 g/mol. The Balaban J connectivity index is 1.96. The van der Waals surface area contributed by atoms with Crippen molar-refractivity contribution in [1.29, 1.82) is 0 Å². The summed E-state index contributed by atoms with van der Waals surface area (Å²) in [5, 5.41) is 2.88. The highest BCUT2D eigenvalue weighted by atomic mass is 127. The highest BCUT2D eigenvalue weighted by molar-refractivity contribution is 14.1. The van der Waals surface area contributed by atoms with Crippen LogP contribution in [0.3, 0.4) is 0 Å². The molecular weight excluding hydrogens is 325 g/mol. The van der Waals surface area contributed by atoms with E-state index in [1.165, 1.54) is 0 Å². The molecule has 2 aromatic carbocycles. The highest BCUT2D eigenvalue weighted by Gasteiger charge is 2.03. The molecule has 0 aliphatic heterocycles. The molecule has 0 atom stereocenters. The molecule has 0 bridgehead atoms. The van der Waals surface area contributed by atoms with E-state index in [0.29, 0.717) is 6.42 Å². The van der Waals surface area contributed by atoms with Crippen molar-refractivity contribution in [2.45, 2.75) is 6.42 Å². The van der Waals surface area contributed by atoms with Crippen LogP contribution < -0.4 is 5.32 Å². The number of anilines is 1. The predicted molar refractivity (Wildman–Crippen MR) is 77.9 cm³/mol. The van der Waals surface area contributed by atoms with Crippen LogP contribution in [0.1, 0.15) is 5.56 Å². The van der Waals surface area contributed by atoms with E-state index < -0.39 is 0 Å². The van der Waals surface area contributed by atoms with Crippen molar-refractivity contribution >= 4 is 34.2 Å². The molecule has 0 unspecified atom stereocenters. The first-order valence-electron chi connectivity index (χ1n) is 5.33. The van der Waals surface area contributed by atoms with Gasteiger partial charge in [-0.1, -0.05) is 30.3 Å². The van der Waals surface area contributed by atoms with E-state index >= 15 is 0 Å². The van der Waals surface area contributed by atoms with Crippen LogP contribution in [-0.2, 0) is 11.2 Å². The predicted octanol–water partition coefficient (Wildman–Crippen LogP) is 3.47. The first-order chi connectivity index (χ1) is 8.24. The second kappa shape index (κ2) is 5.82. The molecule has 0 aliphatic rings. The van der Waals surface area contributed by atoms with Crippen molar-refractivity contribution in [1.82, 2.24) is 0 Å². The Morgan fingerprint density at radius 3 is 2.29 bits per heavy atom. The number of nitrogens with one attached hydrogen (secondary N) is 1. The van der Waals surface area contributed by atoms with E-state index in [-0.39, 0.29) is 5.91 Å². The van der Waals surface area contributed by atoms with Gasteiger partial charge in [0.25, 0.3) is 0 Å². The molecule has 17 heavy (non-hydrogen) atoms. The van der Waals surface area contributed by atoms with Crippen molar-refractivity contribution in [2.75, 3.05) is 5.32 Å². The van der Waals surface area contributed by atoms with E-state index in [9.17, 15) is 4.79 Å². The lowest BCUT2D eigenvalue weighted by Crippen LogP contribution is -2.14. The molecule has 0 spiro atoms. The highest BCUT2D eigenvalue weighted by Crippen LogP contribution is 2.11. The number of carbonyl (C=O) groups is 1. The first kappa shape index (κ1) is 12.1. The molecule has 2 aromatic rings. The van der Waals surface area contributed by atoms with Crippen LogP contribution in [0, 0.1) is 3.57 Å². The monoisotopic (exact) mass is 337 g/mol. The smallest absolute Gasteiger partial charge is 0.228 e. The van der Waals surface area contributed by atoms with Crippen molar-refractivity contribution in [2.24, 2.45) is 0 Å². The molecule has 0 aliphatic carbocycles. The number of hydrogen-bond donors (Lipinski definition) is 1. The van der Waals surface area contributed by atoms with Crippen molar-refractivity contribution in [3.05, 3.63) is 63.7 Å². The lowest BCUT2D eigenvalue weighted by Gasteiger charge is -2.05. The van der Waals surface area contributed by atoms with Gasteiger partial charge in [0.1, 0.15) is 0 Å². The first-order valence-corrected chi connectivity index (χ1v) is 6.41. The van der Waals surface area contributed by atoms with E-state index in [4.69, 9.17) is 0 Å². The molecule has 2 rings (SSSR count). The SMILES string of the molecule is O=C(Cc1ccccc1)Nc1ccc(I)cc1. The van der Waals surface area contributed by atoms with Crippen LogP contribution in [0.25, 0.3) is 0 Å². The van der Waals surface area contributed by atoms with Gasteiger partial charge in [0.15, 0.2) is 0 Å². The summed E-state index contributed by atoms with van der Waals surface area (Å²) >= 11 is 2.24. The number of rotatable bonds is 3. The molecule has 2 nitrogen and oxygen atoms in total. The van der Waals surface area contributed by atoms with E-state index in [1.807, 2.05) is 54.6 Å². The number of halogens is 1. The Morgan fingerprint density at radius 2 is 1.65 bits per heavy atom. The number of carbonyl (C=O) groups excluding carboxylic acids is 1. The van der Waals surface area contributed by atoms with Crippen molar-refractivity contribution in [3.63, 3.8) is 0 Å². The zero-order valence-corrected chi connectivity index (χ0v) is 11.3. The second-order valence-corrected chi connectivity index (χ2v) is 4.96. The molecule has 0 fully saturated rings. The fraction of sp³-hybridized carbons (Fsp3) is 0.0714. The van der Waals surface area contributed by atoms with Gasteiger partial charge in [0.2, 0.25) is 5.91 Å². The summed E-state index contributed by atoms with van der Waals surface area (Å²) in [6.45, 7) is 0. The molecule has 3 heteroatoms. The maximum Gasteiger partial charge on any atom is 0.228 e. The summed E-state index contributed by atoms with van der Waals surface area (Å²) in [6.07, 6.45) is 0.410. The lowest BCUT2D eigenvalue weighted by atomic mass is 10.1. The maximum absolute atomic E-state index is 11.8. The fourth-order valence-corrected chi connectivity index (χ4v) is 1.88. The van der Waals surface area contributed by atoms with Crippen LogP contribution >= 0.6 is 22.6 Å². The molecule has 1 amide bonds. The van der Waals surface area contributed by atoms with Gasteiger partial charge in [0, 0.05) is 9.26 Å². The Morgan fingerprint density at radius 1 is 1.00 bits per heavy atom. The lowest BCUT2D eigenvalue weighted by molar-refractivity contribution is -0.115. The third kappa shape index (κ3) is 3.85. The zero-order valence-electron chi connectivity index (χ0n) is 9.19. The van der Waals surface area contributed by atoms with Gasteiger partial charge in [-0.05, 0) is 52.4 Å². The van der Waals surface area contributed by atoms with Crippen LogP contribution in [0.5, 0.6) is 0 Å². The van der Waals surface area contributed by atoms with Gasteiger partial charge >= 0.3 is 0 Å². The molecule has 0 heterocycles. The van der Waals surface area contributed by atoms with Gasteiger partial charge in [-0.25, -0.2) is 0 Å². The standard InChI is InChI=1S/C14H12INO/c15-12-6-8-13(9-7-12)16-14(17)10-11-4-2-1-3-5-11/h1-9H,10H2,(H,16,17). The minimum absolute atomic E-state index is 0.0115. The normalized spacial score (nSPS) is 9.94. The van der Waals surface area contributed by atoms with Crippen LogP contribution in [-0.4, -0.2) is 5.91 Å². The molecule has 0 aromatic heterocycles. The van der Waals surface area contributed by atoms with Gasteiger partial charge in [-0.15, -0.1) is 0 Å². The van der Waals surface area contributed by atoms with Crippen LogP contribution in [0.4, 0.5) is 5.69 Å². The van der Waals surface area contributed by atoms with E-state index in [0.717, 1.165) is 14.8 Å². The average Bonchev–Trinajstić information content (AvgIpc) is 2.33. The molecular formula is C14H12INO. The Hall–Kier alpha value is -1.36. The maximum atomic E-state index is 11.8. The van der Waals surface area contributed by atoms with Crippen molar-refractivity contribution in [3.8, 4) is 0 Å². The van der Waals surface area contributed by atoms with Crippen LogP contribution in [0.2, 0.25) is 0 Å². The van der Waals surface area contributed by atoms with Gasteiger partial charge < -0.3 is 5.32 Å².